The van der Waals surface area contributed by atoms with Crippen molar-refractivity contribution in [1.82, 2.24) is 0 Å². The van der Waals surface area contributed by atoms with E-state index < -0.39 is 0 Å². The Kier molecular flexibility index (Phi) is 5.40. The monoisotopic (exact) mass is 577 g/mol. The Hall–Kier alpha value is -2.40. The fraction of sp³-hybridized carbons (Fsp3) is 0.0690. The minimum atomic E-state index is 0.353. The molecule has 0 fully saturated rings. The molecule has 160 valence electrons. The third-order valence-electron chi connectivity index (χ3n) is 6.29. The van der Waals surface area contributed by atoms with Gasteiger partial charge in [0.15, 0.2) is 0 Å². The number of aliphatic imine (C=N–C) groups is 1. The van der Waals surface area contributed by atoms with Gasteiger partial charge in [-0.05, 0) is 56.6 Å². The van der Waals surface area contributed by atoms with Crippen LogP contribution < -0.4 is 0 Å². The predicted molar refractivity (Wildman–Crippen MR) is 151 cm³/mol. The summed E-state index contributed by atoms with van der Waals surface area (Å²) in [4.78, 5) is 5.24. The highest BCUT2D eigenvalue weighted by atomic mass is 127. The van der Waals surface area contributed by atoms with Gasteiger partial charge in [-0.15, -0.1) is 0 Å². The van der Waals surface area contributed by atoms with Crippen molar-refractivity contribution in [3.63, 3.8) is 0 Å². The fourth-order valence-electron chi connectivity index (χ4n) is 4.80. The van der Waals surface area contributed by atoms with E-state index in [1.165, 1.54) is 27.1 Å². The zero-order valence-corrected chi connectivity index (χ0v) is 21.2. The predicted octanol–water partition coefficient (Wildman–Crippen LogP) is 9.97. The maximum absolute atomic E-state index is 6.20. The molecule has 1 heterocycles. The molecular formula is C29H18Cl2IN. The van der Waals surface area contributed by atoms with Gasteiger partial charge in [-0.1, -0.05) is 119 Å². The van der Waals surface area contributed by atoms with Crippen molar-refractivity contribution >= 4 is 78.7 Å². The number of halogens is 3. The van der Waals surface area contributed by atoms with Gasteiger partial charge < -0.3 is 0 Å². The number of nitrogens with zero attached hydrogens (tertiary/aromatic N) is 1. The van der Waals surface area contributed by atoms with Crippen LogP contribution in [0.2, 0.25) is 10.0 Å². The van der Waals surface area contributed by atoms with Gasteiger partial charge >= 0.3 is 0 Å². The first-order valence-corrected chi connectivity index (χ1v) is 12.8. The highest BCUT2D eigenvalue weighted by molar-refractivity contribution is 14.1. The molecule has 4 heteroatoms. The van der Waals surface area contributed by atoms with Crippen LogP contribution in [0.25, 0.3) is 32.7 Å². The van der Waals surface area contributed by atoms with Crippen LogP contribution in [0.5, 0.6) is 0 Å². The van der Waals surface area contributed by atoms with Crippen LogP contribution in [0.15, 0.2) is 96.0 Å². The lowest BCUT2D eigenvalue weighted by atomic mass is 9.89. The van der Waals surface area contributed by atoms with Crippen molar-refractivity contribution in [2.75, 3.05) is 0 Å². The molecule has 1 atom stereocenters. The number of hydrogen-bond donors (Lipinski definition) is 0. The molecule has 0 amide bonds. The van der Waals surface area contributed by atoms with E-state index in [9.17, 15) is 0 Å². The maximum atomic E-state index is 6.20. The minimum absolute atomic E-state index is 0.353. The van der Waals surface area contributed by atoms with Crippen LogP contribution in [0, 0.1) is 0 Å². The van der Waals surface area contributed by atoms with Gasteiger partial charge in [0.25, 0.3) is 0 Å². The Morgan fingerprint density at radius 2 is 1.18 bits per heavy atom. The average molecular weight is 578 g/mol. The molecule has 5 aromatic rings. The van der Waals surface area contributed by atoms with E-state index in [1.807, 2.05) is 12.1 Å². The van der Waals surface area contributed by atoms with E-state index >= 15 is 0 Å². The molecule has 0 spiro atoms. The van der Waals surface area contributed by atoms with Crippen LogP contribution in [-0.4, -0.2) is 5.71 Å². The molecule has 1 aliphatic rings. The zero-order valence-electron chi connectivity index (χ0n) is 17.5. The molecule has 0 aliphatic carbocycles. The molecule has 0 saturated heterocycles. The maximum Gasteiger partial charge on any atom is 0.0760 e. The van der Waals surface area contributed by atoms with Crippen LogP contribution in [0.4, 0.5) is 5.69 Å². The summed E-state index contributed by atoms with van der Waals surface area (Å²) in [7, 11) is 0. The largest absolute Gasteiger partial charge is 0.252 e. The Morgan fingerprint density at radius 1 is 0.636 bits per heavy atom. The second kappa shape index (κ2) is 8.43. The molecule has 0 saturated carbocycles. The van der Waals surface area contributed by atoms with Crippen LogP contribution >= 0.6 is 45.8 Å². The van der Waals surface area contributed by atoms with E-state index in [-0.39, 0.29) is 0 Å². The summed E-state index contributed by atoms with van der Waals surface area (Å²) in [5.41, 5.74) is 6.82. The number of alkyl halides is 1. The fourth-order valence-corrected chi connectivity index (χ4v) is 6.37. The van der Waals surface area contributed by atoms with Crippen LogP contribution in [-0.2, 0) is 0 Å². The van der Waals surface area contributed by atoms with Crippen molar-refractivity contribution in [2.45, 2.75) is 10.3 Å². The summed E-state index contributed by atoms with van der Waals surface area (Å²) in [5.74, 6) is 0. The van der Waals surface area contributed by atoms with E-state index in [1.54, 1.807) is 6.07 Å². The highest BCUT2D eigenvalue weighted by Crippen LogP contribution is 2.48. The molecule has 0 N–H and O–H groups in total. The van der Waals surface area contributed by atoms with Gasteiger partial charge in [-0.2, -0.15) is 0 Å². The standard InChI is InChI=1S/C29H18Cl2IN/c30-20-13-19(14-21(31)15-20)17-9-11-18(12-10-17)27-16-26(32)28-24-7-3-1-5-22(24)23-6-2-4-8-25(23)29(28)33-27/h1-15,26H,16H2/t26-/m0/s1. The minimum Gasteiger partial charge on any atom is -0.252 e. The van der Waals surface area contributed by atoms with Gasteiger partial charge in [0.05, 0.1) is 5.69 Å². The summed E-state index contributed by atoms with van der Waals surface area (Å²) in [6.45, 7) is 0. The van der Waals surface area contributed by atoms with Crippen LogP contribution in [0.1, 0.15) is 21.5 Å². The van der Waals surface area contributed by atoms with Crippen molar-refractivity contribution in [1.29, 1.82) is 0 Å². The van der Waals surface area contributed by atoms with Crippen molar-refractivity contribution in [3.05, 3.63) is 112 Å². The van der Waals surface area contributed by atoms with Gasteiger partial charge in [-0.25, -0.2) is 0 Å². The molecule has 0 aromatic heterocycles. The normalized spacial score (nSPS) is 15.5. The third-order valence-corrected chi connectivity index (χ3v) is 7.79. The molecule has 1 nitrogen and oxygen atoms in total. The highest BCUT2D eigenvalue weighted by Gasteiger charge is 2.26. The molecule has 1 aliphatic heterocycles. The molecule has 0 unspecified atom stereocenters. The first-order chi connectivity index (χ1) is 16.1. The zero-order chi connectivity index (χ0) is 22.5. The summed E-state index contributed by atoms with van der Waals surface area (Å²) in [5, 5.41) is 6.37. The first-order valence-electron chi connectivity index (χ1n) is 10.8. The van der Waals surface area contributed by atoms with Gasteiger partial charge in [-0.3, -0.25) is 4.99 Å². The summed E-state index contributed by atoms with van der Waals surface area (Å²) in [6.07, 6.45) is 0.901. The topological polar surface area (TPSA) is 12.4 Å². The second-order valence-electron chi connectivity index (χ2n) is 8.32. The molecular weight excluding hydrogens is 560 g/mol. The van der Waals surface area contributed by atoms with Gasteiger partial charge in [0.2, 0.25) is 0 Å². The van der Waals surface area contributed by atoms with Crippen molar-refractivity contribution in [2.24, 2.45) is 4.99 Å². The SMILES string of the molecule is Clc1cc(Cl)cc(-c2ccc(C3=Nc4c(c5ccccc5c5ccccc45)[C@@H](I)C3)cc2)c1. The number of benzene rings is 5. The lowest BCUT2D eigenvalue weighted by Gasteiger charge is -2.24. The van der Waals surface area contributed by atoms with Crippen molar-refractivity contribution < 1.29 is 0 Å². The second-order valence-corrected chi connectivity index (χ2v) is 10.7. The van der Waals surface area contributed by atoms with E-state index in [0.717, 1.165) is 34.5 Å². The average Bonchev–Trinajstić information content (AvgIpc) is 2.83. The Labute approximate surface area is 216 Å². The van der Waals surface area contributed by atoms with E-state index in [2.05, 4.69) is 95.4 Å². The summed E-state index contributed by atoms with van der Waals surface area (Å²) >= 11 is 15.0. The smallest absolute Gasteiger partial charge is 0.0760 e. The Bertz CT molecular complexity index is 1550. The Morgan fingerprint density at radius 3 is 1.85 bits per heavy atom. The van der Waals surface area contributed by atoms with Crippen LogP contribution in [0.3, 0.4) is 0 Å². The number of fused-ring (bicyclic) bond motifs is 6. The van der Waals surface area contributed by atoms with Gasteiger partial charge in [0.1, 0.15) is 0 Å². The molecule has 0 radical (unpaired) electrons. The van der Waals surface area contributed by atoms with E-state index in [4.69, 9.17) is 28.2 Å². The summed E-state index contributed by atoms with van der Waals surface area (Å²) < 4.78 is 0.353. The number of hydrogen-bond acceptors (Lipinski definition) is 1. The lowest BCUT2D eigenvalue weighted by Crippen LogP contribution is -2.10. The summed E-state index contributed by atoms with van der Waals surface area (Å²) in [6, 6.07) is 31.5. The third kappa shape index (κ3) is 3.74. The van der Waals surface area contributed by atoms with Crippen molar-refractivity contribution in [3.8, 4) is 11.1 Å². The van der Waals surface area contributed by atoms with E-state index in [0.29, 0.717) is 14.0 Å². The number of rotatable bonds is 2. The molecule has 5 aromatic carbocycles. The quantitative estimate of drug-likeness (QED) is 0.112. The molecule has 6 rings (SSSR count). The molecule has 33 heavy (non-hydrogen) atoms. The molecule has 0 bridgehead atoms. The first kappa shape index (κ1) is 21.2. The van der Waals surface area contributed by atoms with Gasteiger partial charge in [0, 0.05) is 31.5 Å². The Balaban J connectivity index is 1.50. The lowest BCUT2D eigenvalue weighted by molar-refractivity contribution is 1.03.